The first-order valence-electron chi connectivity index (χ1n) is 23.8. The van der Waals surface area contributed by atoms with Gasteiger partial charge in [0.1, 0.15) is 42.9 Å². The van der Waals surface area contributed by atoms with E-state index in [1.54, 1.807) is 11.3 Å². The third-order valence-corrected chi connectivity index (χ3v) is 13.4. The molecule has 6 atom stereocenters. The van der Waals surface area contributed by atoms with E-state index in [9.17, 15) is 9.90 Å². The Labute approximate surface area is 411 Å². The molecule has 1 aliphatic heterocycles. The Bertz CT molecular complexity index is 2580. The average Bonchev–Trinajstić information content (AvgIpc) is 3.91. The van der Waals surface area contributed by atoms with Crippen LogP contribution < -0.4 is 4.74 Å². The highest BCUT2D eigenvalue weighted by Gasteiger charge is 2.50. The van der Waals surface area contributed by atoms with Crippen LogP contribution in [-0.2, 0) is 56.5 Å². The first-order valence-corrected chi connectivity index (χ1v) is 24.7. The summed E-state index contributed by atoms with van der Waals surface area (Å²) in [5.41, 5.74) is 6.48. The lowest BCUT2D eigenvalue weighted by atomic mass is 9.85. The predicted octanol–water partition coefficient (Wildman–Crippen LogP) is 12.7. The third-order valence-electron chi connectivity index (χ3n) is 12.4. The minimum atomic E-state index is -1.01. The lowest BCUT2D eigenvalue weighted by Crippen LogP contribution is -2.58. The first-order chi connectivity index (χ1) is 33.7. The molecule has 8 rings (SSSR count). The van der Waals surface area contributed by atoms with E-state index in [0.717, 1.165) is 39.8 Å². The molecule has 1 saturated heterocycles. The van der Waals surface area contributed by atoms with Gasteiger partial charge < -0.3 is 38.4 Å². The van der Waals surface area contributed by atoms with E-state index < -0.39 is 42.2 Å². The Balaban J connectivity index is 1.25. The molecule has 0 radical (unpaired) electrons. The predicted molar refractivity (Wildman–Crippen MR) is 271 cm³/mol. The molecule has 1 N–H and O–H groups in total. The molecule has 0 saturated carbocycles. The van der Waals surface area contributed by atoms with E-state index >= 15 is 0 Å². The van der Waals surface area contributed by atoms with Crippen LogP contribution in [0.4, 0.5) is 4.79 Å². The molecular formula is C59H63NO8S. The van der Waals surface area contributed by atoms with Crippen LogP contribution in [0.1, 0.15) is 76.6 Å². The molecule has 1 aliphatic rings. The van der Waals surface area contributed by atoms with Crippen molar-refractivity contribution in [3.05, 3.63) is 231 Å². The Morgan fingerprint density at radius 1 is 0.623 bits per heavy atom. The molecule has 69 heavy (non-hydrogen) atoms. The Morgan fingerprint density at radius 3 is 1.64 bits per heavy atom. The monoisotopic (exact) mass is 945 g/mol. The second-order valence-electron chi connectivity index (χ2n) is 18.4. The van der Waals surface area contributed by atoms with Gasteiger partial charge in [-0.1, -0.05) is 164 Å². The Hall–Kier alpha value is -6.11. The van der Waals surface area contributed by atoms with Crippen molar-refractivity contribution in [2.24, 2.45) is 0 Å². The maximum absolute atomic E-state index is 12.5. The van der Waals surface area contributed by atoms with Crippen molar-refractivity contribution in [3.63, 3.8) is 0 Å². The normalized spacial score (nSPS) is 18.6. The number of carbonyl (C=O) groups is 1. The first kappa shape index (κ1) is 49.3. The molecule has 0 spiro atoms. The summed E-state index contributed by atoms with van der Waals surface area (Å²) in [4.78, 5) is 15.1. The van der Waals surface area contributed by atoms with Crippen LogP contribution in [0.5, 0.6) is 5.75 Å². The fraction of sp³-hybridized carbons (Fsp3) is 0.305. The zero-order valence-corrected chi connectivity index (χ0v) is 40.5. The van der Waals surface area contributed by atoms with Crippen molar-refractivity contribution in [3.8, 4) is 5.75 Å². The van der Waals surface area contributed by atoms with E-state index in [1.807, 2.05) is 118 Å². The van der Waals surface area contributed by atoms with Gasteiger partial charge in [0.2, 0.25) is 0 Å². The summed E-state index contributed by atoms with van der Waals surface area (Å²) in [6, 6.07) is 61.7. The summed E-state index contributed by atoms with van der Waals surface area (Å²) >= 11 is 1.73. The Morgan fingerprint density at radius 2 is 1.13 bits per heavy atom. The molecule has 10 heteroatoms. The number of thiophene rings is 1. The van der Waals surface area contributed by atoms with Crippen molar-refractivity contribution in [2.45, 2.75) is 95.6 Å². The standard InChI is InChI=1S/C59H63NO8S/c1-59(2,3)60(58(61)62)33-34-64-51-32-31-48(49(53-30-19-35-69-53)36-43-20-9-4-10-21-43)37-50(51)54-56(66-40-46-26-15-7-16-27-46)57(67-41-47-28-17-8-18-29-47)55(65-39-45-24-13-6-14-25-45)52(68-54)42-63-38-44-22-11-5-12-23-44/h4-32,35,37,49,52,54-57H,33-34,36,38-42H2,1-3H3,(H,61,62)/t49?,52-,54+,55-,56+,57+/m1/s1. The van der Waals surface area contributed by atoms with Gasteiger partial charge in [-0.3, -0.25) is 0 Å². The summed E-state index contributed by atoms with van der Waals surface area (Å²) in [6.07, 6.45) is -3.65. The molecule has 1 fully saturated rings. The van der Waals surface area contributed by atoms with Crippen LogP contribution in [0.25, 0.3) is 0 Å². The molecule has 6 aromatic carbocycles. The topological polar surface area (TPSA) is 95.9 Å². The van der Waals surface area contributed by atoms with E-state index in [1.165, 1.54) is 15.3 Å². The lowest BCUT2D eigenvalue weighted by molar-refractivity contribution is -0.275. The summed E-state index contributed by atoms with van der Waals surface area (Å²) in [5, 5.41) is 12.4. The van der Waals surface area contributed by atoms with Gasteiger partial charge in [-0.25, -0.2) is 4.79 Å². The highest BCUT2D eigenvalue weighted by Crippen LogP contribution is 2.44. The lowest BCUT2D eigenvalue weighted by Gasteiger charge is -2.46. The number of hydrogen-bond donors (Lipinski definition) is 1. The van der Waals surface area contributed by atoms with Gasteiger partial charge in [-0.15, -0.1) is 11.3 Å². The van der Waals surface area contributed by atoms with Gasteiger partial charge in [0, 0.05) is 21.9 Å². The molecule has 0 bridgehead atoms. The van der Waals surface area contributed by atoms with Crippen molar-refractivity contribution < 1.29 is 38.3 Å². The largest absolute Gasteiger partial charge is 0.491 e. The second-order valence-corrected chi connectivity index (χ2v) is 19.4. The van der Waals surface area contributed by atoms with E-state index in [2.05, 4.69) is 90.3 Å². The van der Waals surface area contributed by atoms with Crippen LogP contribution in [0.15, 0.2) is 187 Å². The minimum absolute atomic E-state index is 0.00737. The third kappa shape index (κ3) is 13.8. The molecular weight excluding hydrogens is 883 g/mol. The van der Waals surface area contributed by atoms with Crippen molar-refractivity contribution >= 4 is 17.4 Å². The van der Waals surface area contributed by atoms with Crippen molar-refractivity contribution in [1.29, 1.82) is 0 Å². The maximum atomic E-state index is 12.5. The van der Waals surface area contributed by atoms with Crippen LogP contribution in [0.3, 0.4) is 0 Å². The molecule has 1 aromatic heterocycles. The average molecular weight is 946 g/mol. The van der Waals surface area contributed by atoms with Crippen LogP contribution in [-0.4, -0.2) is 65.8 Å². The molecule has 0 aliphatic carbocycles. The number of benzene rings is 6. The summed E-state index contributed by atoms with van der Waals surface area (Å²) in [5.74, 6) is 0.573. The molecule has 2 heterocycles. The molecule has 9 nitrogen and oxygen atoms in total. The van der Waals surface area contributed by atoms with E-state index in [0.29, 0.717) is 25.6 Å². The molecule has 7 aromatic rings. The smallest absolute Gasteiger partial charge is 0.407 e. The number of ether oxygens (including phenoxy) is 6. The maximum Gasteiger partial charge on any atom is 0.407 e. The van der Waals surface area contributed by atoms with E-state index in [-0.39, 0.29) is 32.3 Å². The summed E-state index contributed by atoms with van der Waals surface area (Å²) < 4.78 is 42.1. The zero-order chi connectivity index (χ0) is 47.8. The SMILES string of the molecule is CC(C)(C)N(CCOc1ccc(C(Cc2ccccc2)c2cccs2)cc1[C@@H]1O[C@H](COCc2ccccc2)[C@@H](OCc2ccccc2)[C@H](OCc2ccccc2)[C@H]1OCc1ccccc1)C(=O)O. The zero-order valence-electron chi connectivity index (χ0n) is 39.7. The van der Waals surface area contributed by atoms with Gasteiger partial charge in [0.15, 0.2) is 0 Å². The fourth-order valence-electron chi connectivity index (χ4n) is 8.86. The second kappa shape index (κ2) is 24.4. The van der Waals surface area contributed by atoms with Crippen molar-refractivity contribution in [1.82, 2.24) is 4.90 Å². The molecule has 1 amide bonds. The van der Waals surface area contributed by atoms with Gasteiger partial charge >= 0.3 is 6.09 Å². The summed E-state index contributed by atoms with van der Waals surface area (Å²) in [7, 11) is 0. The number of amides is 1. The van der Waals surface area contributed by atoms with Crippen LogP contribution >= 0.6 is 11.3 Å². The van der Waals surface area contributed by atoms with Crippen LogP contribution in [0.2, 0.25) is 0 Å². The van der Waals surface area contributed by atoms with Gasteiger partial charge in [0.25, 0.3) is 0 Å². The van der Waals surface area contributed by atoms with Gasteiger partial charge in [-0.05, 0) is 84.2 Å². The van der Waals surface area contributed by atoms with Crippen molar-refractivity contribution in [2.75, 3.05) is 19.8 Å². The Kier molecular flexibility index (Phi) is 17.5. The number of nitrogens with zero attached hydrogens (tertiary/aromatic N) is 1. The molecule has 358 valence electrons. The molecule has 1 unspecified atom stereocenters. The summed E-state index contributed by atoms with van der Waals surface area (Å²) in [6.45, 7) is 7.37. The van der Waals surface area contributed by atoms with Gasteiger partial charge in [0.05, 0.1) is 39.6 Å². The highest BCUT2D eigenvalue weighted by atomic mass is 32.1. The van der Waals surface area contributed by atoms with Crippen LogP contribution in [0, 0.1) is 0 Å². The number of carboxylic acid groups (broad SMARTS) is 1. The highest BCUT2D eigenvalue weighted by molar-refractivity contribution is 7.10. The number of hydrogen-bond acceptors (Lipinski definition) is 8. The number of rotatable bonds is 22. The minimum Gasteiger partial charge on any atom is -0.491 e. The quantitative estimate of drug-likeness (QED) is 0.0718. The van der Waals surface area contributed by atoms with Gasteiger partial charge in [-0.2, -0.15) is 0 Å². The van der Waals surface area contributed by atoms with E-state index in [4.69, 9.17) is 28.4 Å². The fourth-order valence-corrected chi connectivity index (χ4v) is 9.72.